The van der Waals surface area contributed by atoms with Crippen LogP contribution >= 0.6 is 0 Å². The molecule has 0 unspecified atom stereocenters. The highest BCUT2D eigenvalue weighted by Crippen LogP contribution is 2.17. The van der Waals surface area contributed by atoms with Gasteiger partial charge in [-0.05, 0) is 18.6 Å². The Kier molecular flexibility index (Phi) is 5.85. The Bertz CT molecular complexity index is 869. The Morgan fingerprint density at radius 2 is 2.04 bits per heavy atom. The van der Waals surface area contributed by atoms with Gasteiger partial charge >= 0.3 is 0 Å². The minimum Gasteiger partial charge on any atom is -0.386 e. The first-order chi connectivity index (χ1) is 12.0. The zero-order valence-corrected chi connectivity index (χ0v) is 13.5. The molecular formula is C18H16N4O3. The molecular weight excluding hydrogens is 320 g/mol. The molecule has 2 aromatic rings. The number of benzene rings is 2. The fraction of sp³-hybridized carbons (Fsp3) is 0.111. The number of carbonyl (C=O) groups excluding carboxylic acids is 1. The van der Waals surface area contributed by atoms with Gasteiger partial charge in [0.25, 0.3) is 11.6 Å². The SMILES string of the molecule is Cc1cccc(CN/C=C(/C#N)C(=O)Nc2cccc([N+](=O)[O-])c2)c1. The van der Waals surface area contributed by atoms with E-state index in [0.29, 0.717) is 6.54 Å². The maximum atomic E-state index is 12.1. The molecule has 0 aliphatic carbocycles. The second-order valence-electron chi connectivity index (χ2n) is 5.30. The van der Waals surface area contributed by atoms with Gasteiger partial charge in [0.1, 0.15) is 11.6 Å². The number of nitrogens with one attached hydrogen (secondary N) is 2. The molecule has 7 heteroatoms. The van der Waals surface area contributed by atoms with Crippen LogP contribution in [0.5, 0.6) is 0 Å². The average molecular weight is 336 g/mol. The van der Waals surface area contributed by atoms with Gasteiger partial charge in [0.2, 0.25) is 0 Å². The average Bonchev–Trinajstić information content (AvgIpc) is 2.59. The van der Waals surface area contributed by atoms with Crippen LogP contribution in [0.4, 0.5) is 11.4 Å². The molecule has 0 atom stereocenters. The molecule has 2 aromatic carbocycles. The summed E-state index contributed by atoms with van der Waals surface area (Å²) < 4.78 is 0. The van der Waals surface area contributed by atoms with Gasteiger partial charge < -0.3 is 10.6 Å². The van der Waals surface area contributed by atoms with Crippen molar-refractivity contribution in [1.82, 2.24) is 5.32 Å². The van der Waals surface area contributed by atoms with E-state index in [2.05, 4.69) is 10.6 Å². The lowest BCUT2D eigenvalue weighted by molar-refractivity contribution is -0.384. The first kappa shape index (κ1) is 17.7. The number of anilines is 1. The van der Waals surface area contributed by atoms with Crippen LogP contribution in [0.1, 0.15) is 11.1 Å². The lowest BCUT2D eigenvalue weighted by atomic mass is 10.1. The Morgan fingerprint density at radius 3 is 2.72 bits per heavy atom. The monoisotopic (exact) mass is 336 g/mol. The van der Waals surface area contributed by atoms with Crippen LogP contribution in [0.2, 0.25) is 0 Å². The van der Waals surface area contributed by atoms with Crippen molar-refractivity contribution in [3.63, 3.8) is 0 Å². The minimum absolute atomic E-state index is 0.126. The van der Waals surface area contributed by atoms with Crippen molar-refractivity contribution in [2.45, 2.75) is 13.5 Å². The van der Waals surface area contributed by atoms with Crippen molar-refractivity contribution in [1.29, 1.82) is 5.26 Å². The molecule has 0 saturated carbocycles. The van der Waals surface area contributed by atoms with E-state index < -0.39 is 10.8 Å². The summed E-state index contributed by atoms with van der Waals surface area (Å²) in [6, 6.07) is 15.2. The number of hydrogen-bond donors (Lipinski definition) is 2. The van der Waals surface area contributed by atoms with E-state index in [1.807, 2.05) is 37.3 Å². The molecule has 0 bridgehead atoms. The highest BCUT2D eigenvalue weighted by molar-refractivity contribution is 6.06. The summed E-state index contributed by atoms with van der Waals surface area (Å²) in [6.07, 6.45) is 1.33. The molecule has 0 fully saturated rings. The lowest BCUT2D eigenvalue weighted by Gasteiger charge is -2.06. The third-order valence-electron chi connectivity index (χ3n) is 3.31. The minimum atomic E-state index is -0.639. The number of nitro benzene ring substituents is 1. The van der Waals surface area contributed by atoms with E-state index in [-0.39, 0.29) is 16.9 Å². The van der Waals surface area contributed by atoms with E-state index in [0.717, 1.165) is 11.1 Å². The number of amides is 1. The molecule has 0 aliphatic rings. The van der Waals surface area contributed by atoms with Crippen LogP contribution in [-0.4, -0.2) is 10.8 Å². The number of carbonyl (C=O) groups is 1. The van der Waals surface area contributed by atoms with Crippen LogP contribution in [0.3, 0.4) is 0 Å². The van der Waals surface area contributed by atoms with Gasteiger partial charge in [0.15, 0.2) is 0 Å². The molecule has 2 rings (SSSR count). The van der Waals surface area contributed by atoms with Gasteiger partial charge in [-0.2, -0.15) is 5.26 Å². The zero-order valence-electron chi connectivity index (χ0n) is 13.5. The van der Waals surface area contributed by atoms with Gasteiger partial charge in [-0.25, -0.2) is 0 Å². The fourth-order valence-corrected chi connectivity index (χ4v) is 2.14. The number of hydrogen-bond acceptors (Lipinski definition) is 5. The van der Waals surface area contributed by atoms with Gasteiger partial charge in [0.05, 0.1) is 4.92 Å². The summed E-state index contributed by atoms with van der Waals surface area (Å²) >= 11 is 0. The summed E-state index contributed by atoms with van der Waals surface area (Å²) in [7, 11) is 0. The van der Waals surface area contributed by atoms with Gasteiger partial charge in [0, 0.05) is 30.6 Å². The Morgan fingerprint density at radius 1 is 1.28 bits per heavy atom. The standard InChI is InChI=1S/C18H16N4O3/c1-13-4-2-5-14(8-13)11-20-12-15(10-19)18(23)21-16-6-3-7-17(9-16)22(24)25/h2-9,12,20H,11H2,1H3,(H,21,23)/b15-12-. The molecule has 0 aromatic heterocycles. The second kappa shape index (κ2) is 8.26. The molecule has 0 heterocycles. The van der Waals surface area contributed by atoms with E-state index in [1.165, 1.54) is 30.5 Å². The first-order valence-electron chi connectivity index (χ1n) is 7.44. The highest BCUT2D eigenvalue weighted by Gasteiger charge is 2.11. The molecule has 2 N–H and O–H groups in total. The number of rotatable bonds is 6. The van der Waals surface area contributed by atoms with Crippen LogP contribution in [0.25, 0.3) is 0 Å². The predicted molar refractivity (Wildman–Crippen MR) is 93.4 cm³/mol. The molecule has 0 saturated heterocycles. The van der Waals surface area contributed by atoms with Gasteiger partial charge in [-0.1, -0.05) is 35.9 Å². The van der Waals surface area contributed by atoms with E-state index in [1.54, 1.807) is 0 Å². The summed E-state index contributed by atoms with van der Waals surface area (Å²) in [5, 5.41) is 25.3. The summed E-state index contributed by atoms with van der Waals surface area (Å²) in [5.74, 6) is -0.639. The van der Waals surface area contributed by atoms with E-state index >= 15 is 0 Å². The zero-order chi connectivity index (χ0) is 18.2. The molecule has 126 valence electrons. The summed E-state index contributed by atoms with van der Waals surface area (Å²) in [6.45, 7) is 2.45. The fourth-order valence-electron chi connectivity index (χ4n) is 2.14. The summed E-state index contributed by atoms with van der Waals surface area (Å²) in [5.41, 5.74) is 2.12. The predicted octanol–water partition coefficient (Wildman–Crippen LogP) is 3.04. The smallest absolute Gasteiger partial charge is 0.271 e. The molecule has 0 radical (unpaired) electrons. The number of nitrogens with zero attached hydrogens (tertiary/aromatic N) is 2. The quantitative estimate of drug-likeness (QED) is 0.365. The van der Waals surface area contributed by atoms with Crippen molar-refractivity contribution in [2.75, 3.05) is 5.32 Å². The topological polar surface area (TPSA) is 108 Å². The number of aryl methyl sites for hydroxylation is 1. The maximum absolute atomic E-state index is 12.1. The van der Waals surface area contributed by atoms with Crippen molar-refractivity contribution in [3.8, 4) is 6.07 Å². The third kappa shape index (κ3) is 5.18. The van der Waals surface area contributed by atoms with Crippen LogP contribution < -0.4 is 10.6 Å². The Labute approximate surface area is 144 Å². The molecule has 25 heavy (non-hydrogen) atoms. The largest absolute Gasteiger partial charge is 0.386 e. The van der Waals surface area contributed by atoms with Crippen molar-refractivity contribution in [2.24, 2.45) is 0 Å². The number of nitriles is 1. The number of nitro groups is 1. The van der Waals surface area contributed by atoms with Gasteiger partial charge in [-0.15, -0.1) is 0 Å². The first-order valence-corrected chi connectivity index (χ1v) is 7.44. The molecule has 7 nitrogen and oxygen atoms in total. The number of non-ortho nitro benzene ring substituents is 1. The third-order valence-corrected chi connectivity index (χ3v) is 3.31. The van der Waals surface area contributed by atoms with E-state index in [9.17, 15) is 14.9 Å². The lowest BCUT2D eigenvalue weighted by Crippen LogP contribution is -2.16. The van der Waals surface area contributed by atoms with Crippen LogP contribution in [-0.2, 0) is 11.3 Å². The second-order valence-corrected chi connectivity index (χ2v) is 5.30. The van der Waals surface area contributed by atoms with Gasteiger partial charge in [-0.3, -0.25) is 14.9 Å². The Hall–Kier alpha value is -3.66. The van der Waals surface area contributed by atoms with Crippen LogP contribution in [0.15, 0.2) is 60.3 Å². The van der Waals surface area contributed by atoms with Crippen molar-refractivity contribution < 1.29 is 9.72 Å². The maximum Gasteiger partial charge on any atom is 0.271 e. The highest BCUT2D eigenvalue weighted by atomic mass is 16.6. The van der Waals surface area contributed by atoms with Crippen molar-refractivity contribution >= 4 is 17.3 Å². The van der Waals surface area contributed by atoms with Crippen LogP contribution in [0, 0.1) is 28.4 Å². The normalized spacial score (nSPS) is 10.6. The van der Waals surface area contributed by atoms with Crippen molar-refractivity contribution in [3.05, 3.63) is 81.5 Å². The molecule has 0 spiro atoms. The molecule has 1 amide bonds. The van der Waals surface area contributed by atoms with E-state index in [4.69, 9.17) is 5.26 Å². The Balaban J connectivity index is 2.02. The summed E-state index contributed by atoms with van der Waals surface area (Å²) in [4.78, 5) is 22.3. The molecule has 0 aliphatic heterocycles.